The molecule has 0 fully saturated rings. The Morgan fingerprint density at radius 3 is 2.62 bits per heavy atom. The normalized spacial score (nSPS) is 11.7. The number of fused-ring (bicyclic) bond motifs is 1. The summed E-state index contributed by atoms with van der Waals surface area (Å²) in [5.41, 5.74) is 6.77. The van der Waals surface area contributed by atoms with Crippen molar-refractivity contribution >= 4 is 33.0 Å². The third-order valence-corrected chi connectivity index (χ3v) is 4.34. The number of amides is 1. The van der Waals surface area contributed by atoms with Crippen molar-refractivity contribution in [2.45, 2.75) is 20.8 Å². The summed E-state index contributed by atoms with van der Waals surface area (Å²) in [7, 11) is 3.44. The van der Waals surface area contributed by atoms with Crippen molar-refractivity contribution < 1.29 is 9.53 Å². The van der Waals surface area contributed by atoms with Crippen LogP contribution < -0.4 is 10.5 Å². The SMILES string of the molecule is COc1ccc2c(N)c(C(=O)N(C)CC(C)(C)C)sc2c1. The van der Waals surface area contributed by atoms with Crippen LogP contribution in [-0.2, 0) is 0 Å². The maximum Gasteiger partial charge on any atom is 0.265 e. The Labute approximate surface area is 129 Å². The van der Waals surface area contributed by atoms with E-state index < -0.39 is 0 Å². The summed E-state index contributed by atoms with van der Waals surface area (Å²) in [6.07, 6.45) is 0. The monoisotopic (exact) mass is 306 g/mol. The lowest BCUT2D eigenvalue weighted by Crippen LogP contribution is -2.34. The van der Waals surface area contributed by atoms with E-state index >= 15 is 0 Å². The van der Waals surface area contributed by atoms with Gasteiger partial charge in [0.1, 0.15) is 10.6 Å². The number of carbonyl (C=O) groups is 1. The molecule has 114 valence electrons. The number of rotatable bonds is 3. The van der Waals surface area contributed by atoms with Crippen LogP contribution in [0.5, 0.6) is 5.75 Å². The topological polar surface area (TPSA) is 55.6 Å². The van der Waals surface area contributed by atoms with Gasteiger partial charge in [0.2, 0.25) is 0 Å². The van der Waals surface area contributed by atoms with Gasteiger partial charge in [0, 0.05) is 23.7 Å². The number of nitrogen functional groups attached to an aromatic ring is 1. The molecule has 1 amide bonds. The van der Waals surface area contributed by atoms with Crippen molar-refractivity contribution in [2.24, 2.45) is 5.41 Å². The maximum atomic E-state index is 12.6. The largest absolute Gasteiger partial charge is 0.497 e. The van der Waals surface area contributed by atoms with E-state index in [1.54, 1.807) is 12.0 Å². The highest BCUT2D eigenvalue weighted by Gasteiger charge is 2.23. The predicted molar refractivity (Wildman–Crippen MR) is 89.2 cm³/mol. The number of hydrogen-bond acceptors (Lipinski definition) is 4. The van der Waals surface area contributed by atoms with Gasteiger partial charge in [-0.3, -0.25) is 4.79 Å². The minimum atomic E-state index is -0.0254. The Bertz CT molecular complexity index is 671. The molecule has 0 saturated carbocycles. The zero-order valence-corrected chi connectivity index (χ0v) is 14.0. The first-order valence-corrected chi connectivity index (χ1v) is 7.66. The summed E-state index contributed by atoms with van der Waals surface area (Å²) in [5.74, 6) is 0.744. The standard InChI is InChI=1S/C16H22N2O2S/c1-16(2,3)9-18(4)15(19)14-13(17)11-7-6-10(20-5)8-12(11)21-14/h6-8H,9,17H2,1-5H3. The van der Waals surface area contributed by atoms with Crippen LogP contribution in [0.3, 0.4) is 0 Å². The fraction of sp³-hybridized carbons (Fsp3) is 0.438. The smallest absolute Gasteiger partial charge is 0.265 e. The average Bonchev–Trinajstić information content (AvgIpc) is 2.72. The molecule has 0 spiro atoms. The number of methoxy groups -OCH3 is 1. The van der Waals surface area contributed by atoms with Gasteiger partial charge in [0.05, 0.1) is 12.8 Å². The van der Waals surface area contributed by atoms with Crippen LogP contribution in [-0.4, -0.2) is 31.5 Å². The van der Waals surface area contributed by atoms with Gasteiger partial charge in [0.15, 0.2) is 0 Å². The Hall–Kier alpha value is -1.75. The van der Waals surface area contributed by atoms with Crippen molar-refractivity contribution in [1.29, 1.82) is 0 Å². The first kappa shape index (κ1) is 15.6. The fourth-order valence-electron chi connectivity index (χ4n) is 2.34. The summed E-state index contributed by atoms with van der Waals surface area (Å²) in [5, 5.41) is 0.910. The average molecular weight is 306 g/mol. The molecule has 1 aromatic carbocycles. The second-order valence-electron chi connectivity index (χ2n) is 6.43. The minimum Gasteiger partial charge on any atom is -0.497 e. The van der Waals surface area contributed by atoms with Gasteiger partial charge in [0.25, 0.3) is 5.91 Å². The number of carbonyl (C=O) groups excluding carboxylic acids is 1. The molecule has 0 aliphatic carbocycles. The summed E-state index contributed by atoms with van der Waals surface area (Å²) >= 11 is 1.42. The van der Waals surface area contributed by atoms with Crippen LogP contribution in [0.15, 0.2) is 18.2 Å². The van der Waals surface area contributed by atoms with Gasteiger partial charge in [-0.25, -0.2) is 0 Å². The molecule has 0 unspecified atom stereocenters. The van der Waals surface area contributed by atoms with Crippen molar-refractivity contribution in [3.8, 4) is 5.75 Å². The van der Waals surface area contributed by atoms with Gasteiger partial charge in [-0.05, 0) is 23.6 Å². The number of thiophene rings is 1. The Balaban J connectivity index is 2.37. The van der Waals surface area contributed by atoms with Gasteiger partial charge in [-0.15, -0.1) is 11.3 Å². The number of benzene rings is 1. The zero-order valence-electron chi connectivity index (χ0n) is 13.2. The highest BCUT2D eigenvalue weighted by atomic mass is 32.1. The van der Waals surface area contributed by atoms with E-state index in [-0.39, 0.29) is 11.3 Å². The van der Waals surface area contributed by atoms with Crippen molar-refractivity contribution in [1.82, 2.24) is 4.90 Å². The van der Waals surface area contributed by atoms with Crippen LogP contribution in [0, 0.1) is 5.41 Å². The third kappa shape index (κ3) is 3.29. The van der Waals surface area contributed by atoms with Gasteiger partial charge >= 0.3 is 0 Å². The lowest BCUT2D eigenvalue weighted by Gasteiger charge is -2.26. The van der Waals surface area contributed by atoms with E-state index in [9.17, 15) is 4.79 Å². The van der Waals surface area contributed by atoms with Gasteiger partial charge in [-0.2, -0.15) is 0 Å². The van der Waals surface area contributed by atoms with Crippen molar-refractivity contribution in [2.75, 3.05) is 26.4 Å². The molecule has 4 nitrogen and oxygen atoms in total. The summed E-state index contributed by atoms with van der Waals surface area (Å²) < 4.78 is 6.19. The van der Waals surface area contributed by atoms with E-state index in [0.717, 1.165) is 15.8 Å². The van der Waals surface area contributed by atoms with Crippen molar-refractivity contribution in [3.63, 3.8) is 0 Å². The number of hydrogen-bond donors (Lipinski definition) is 1. The Morgan fingerprint density at radius 2 is 2.05 bits per heavy atom. The fourth-order valence-corrected chi connectivity index (χ4v) is 3.49. The van der Waals surface area contributed by atoms with E-state index in [0.29, 0.717) is 17.1 Å². The Kier molecular flexibility index (Phi) is 4.14. The highest BCUT2D eigenvalue weighted by molar-refractivity contribution is 7.21. The van der Waals surface area contributed by atoms with Crippen molar-refractivity contribution in [3.05, 3.63) is 23.1 Å². The molecule has 0 bridgehead atoms. The lowest BCUT2D eigenvalue weighted by atomic mass is 9.96. The van der Waals surface area contributed by atoms with E-state index in [2.05, 4.69) is 20.8 Å². The first-order chi connectivity index (χ1) is 9.73. The molecule has 0 aliphatic heterocycles. The molecule has 1 aromatic heterocycles. The number of anilines is 1. The third-order valence-electron chi connectivity index (χ3n) is 3.19. The molecular weight excluding hydrogens is 284 g/mol. The second-order valence-corrected chi connectivity index (χ2v) is 7.48. The summed E-state index contributed by atoms with van der Waals surface area (Å²) in [6.45, 7) is 7.00. The Morgan fingerprint density at radius 1 is 1.38 bits per heavy atom. The molecule has 1 heterocycles. The highest BCUT2D eigenvalue weighted by Crippen LogP contribution is 2.36. The molecule has 0 radical (unpaired) electrons. The van der Waals surface area contributed by atoms with E-state index in [1.807, 2.05) is 25.2 Å². The number of nitrogens with two attached hydrogens (primary N) is 1. The van der Waals surface area contributed by atoms with E-state index in [4.69, 9.17) is 10.5 Å². The van der Waals surface area contributed by atoms with Crippen LogP contribution >= 0.6 is 11.3 Å². The minimum absolute atomic E-state index is 0.0254. The van der Waals surface area contributed by atoms with Crippen LogP contribution in [0.25, 0.3) is 10.1 Å². The molecule has 21 heavy (non-hydrogen) atoms. The molecule has 0 saturated heterocycles. The molecule has 2 aromatic rings. The molecule has 0 atom stereocenters. The van der Waals surface area contributed by atoms with Gasteiger partial charge in [-0.1, -0.05) is 20.8 Å². The zero-order chi connectivity index (χ0) is 15.8. The quantitative estimate of drug-likeness (QED) is 0.942. The maximum absolute atomic E-state index is 12.6. The van der Waals surface area contributed by atoms with Gasteiger partial charge < -0.3 is 15.4 Å². The molecule has 0 aliphatic rings. The van der Waals surface area contributed by atoms with Crippen LogP contribution in [0.1, 0.15) is 30.4 Å². The number of ether oxygens (including phenoxy) is 1. The second kappa shape index (κ2) is 5.56. The van der Waals surface area contributed by atoms with E-state index in [1.165, 1.54) is 11.3 Å². The van der Waals surface area contributed by atoms with Crippen LogP contribution in [0.2, 0.25) is 0 Å². The predicted octanol–water partition coefficient (Wildman–Crippen LogP) is 3.61. The molecule has 2 rings (SSSR count). The summed E-state index contributed by atoms with van der Waals surface area (Å²) in [6, 6.07) is 5.68. The van der Waals surface area contributed by atoms with Crippen LogP contribution in [0.4, 0.5) is 5.69 Å². The molecule has 5 heteroatoms. The summed E-state index contributed by atoms with van der Waals surface area (Å²) in [4.78, 5) is 14.9. The first-order valence-electron chi connectivity index (χ1n) is 6.84. The molecular formula is C16H22N2O2S. The number of nitrogens with zero attached hydrogens (tertiary/aromatic N) is 1. The lowest BCUT2D eigenvalue weighted by molar-refractivity contribution is 0.0751. The molecule has 2 N–H and O–H groups in total.